The minimum atomic E-state index is 0.485. The molecule has 0 amide bonds. The Morgan fingerprint density at radius 2 is 2.50 bits per heavy atom. The van der Waals surface area contributed by atoms with E-state index < -0.39 is 0 Å². The van der Waals surface area contributed by atoms with Gasteiger partial charge in [-0.2, -0.15) is 0 Å². The van der Waals surface area contributed by atoms with Gasteiger partial charge in [-0.1, -0.05) is 6.07 Å². The Morgan fingerprint density at radius 3 is 3.25 bits per heavy atom. The van der Waals surface area contributed by atoms with Crippen LogP contribution in [0.3, 0.4) is 0 Å². The summed E-state index contributed by atoms with van der Waals surface area (Å²) < 4.78 is 5.43. The maximum absolute atomic E-state index is 5.43. The zero-order valence-electron chi connectivity index (χ0n) is 9.94. The van der Waals surface area contributed by atoms with Gasteiger partial charge in [0.05, 0.1) is 13.2 Å². The van der Waals surface area contributed by atoms with Crippen molar-refractivity contribution in [2.75, 3.05) is 32.1 Å². The van der Waals surface area contributed by atoms with Crippen LogP contribution in [0.15, 0.2) is 18.3 Å². The summed E-state index contributed by atoms with van der Waals surface area (Å²) in [6.45, 7) is 5.80. The number of nitrogens with one attached hydrogen (secondary N) is 1. The van der Waals surface area contributed by atoms with Gasteiger partial charge in [-0.3, -0.25) is 4.90 Å². The number of hydrogen-bond donors (Lipinski definition) is 1. The first-order valence-electron chi connectivity index (χ1n) is 5.74. The highest BCUT2D eigenvalue weighted by Gasteiger charge is 2.19. The third kappa shape index (κ3) is 2.51. The van der Waals surface area contributed by atoms with Gasteiger partial charge in [-0.25, -0.2) is 4.98 Å². The Balaban J connectivity index is 2.07. The van der Waals surface area contributed by atoms with Crippen LogP contribution in [0.4, 0.5) is 5.82 Å². The van der Waals surface area contributed by atoms with Crippen molar-refractivity contribution in [3.8, 4) is 0 Å². The van der Waals surface area contributed by atoms with Crippen LogP contribution in [0.1, 0.15) is 12.5 Å². The van der Waals surface area contributed by atoms with Crippen molar-refractivity contribution >= 4 is 5.82 Å². The van der Waals surface area contributed by atoms with Crippen LogP contribution >= 0.6 is 0 Å². The molecular formula is C12H19N3O. The normalized spacial score (nSPS) is 22.0. The molecule has 1 saturated heterocycles. The lowest BCUT2D eigenvalue weighted by molar-refractivity contribution is -0.00431. The lowest BCUT2D eigenvalue weighted by Crippen LogP contribution is -2.43. The number of rotatable bonds is 3. The molecule has 1 atom stereocenters. The monoisotopic (exact) mass is 221 g/mol. The van der Waals surface area contributed by atoms with E-state index in [0.29, 0.717) is 6.04 Å². The summed E-state index contributed by atoms with van der Waals surface area (Å²) in [5.41, 5.74) is 1.25. The molecule has 1 unspecified atom stereocenters. The van der Waals surface area contributed by atoms with Gasteiger partial charge in [0.1, 0.15) is 5.82 Å². The van der Waals surface area contributed by atoms with Gasteiger partial charge in [-0.15, -0.1) is 0 Å². The van der Waals surface area contributed by atoms with Gasteiger partial charge >= 0.3 is 0 Å². The van der Waals surface area contributed by atoms with E-state index in [1.54, 1.807) is 0 Å². The zero-order valence-corrected chi connectivity index (χ0v) is 9.94. The molecule has 1 aromatic rings. The van der Waals surface area contributed by atoms with Gasteiger partial charge in [0.15, 0.2) is 0 Å². The second-order valence-corrected chi connectivity index (χ2v) is 4.16. The summed E-state index contributed by atoms with van der Waals surface area (Å²) >= 11 is 0. The van der Waals surface area contributed by atoms with Crippen LogP contribution in [0.25, 0.3) is 0 Å². The van der Waals surface area contributed by atoms with E-state index in [1.807, 2.05) is 19.3 Å². The van der Waals surface area contributed by atoms with Crippen LogP contribution in [-0.2, 0) is 11.3 Å². The summed E-state index contributed by atoms with van der Waals surface area (Å²) in [4.78, 5) is 6.75. The van der Waals surface area contributed by atoms with Crippen LogP contribution in [-0.4, -0.2) is 42.7 Å². The number of hydrogen-bond acceptors (Lipinski definition) is 4. The van der Waals surface area contributed by atoms with Crippen molar-refractivity contribution in [1.82, 2.24) is 9.88 Å². The number of pyridine rings is 1. The number of morpholine rings is 1. The molecule has 4 nitrogen and oxygen atoms in total. The fourth-order valence-corrected chi connectivity index (χ4v) is 2.01. The Labute approximate surface area is 96.6 Å². The van der Waals surface area contributed by atoms with Crippen molar-refractivity contribution in [3.63, 3.8) is 0 Å². The van der Waals surface area contributed by atoms with Gasteiger partial charge < -0.3 is 10.1 Å². The minimum Gasteiger partial charge on any atom is -0.379 e. The minimum absolute atomic E-state index is 0.485. The molecule has 2 rings (SSSR count). The third-order valence-corrected chi connectivity index (χ3v) is 3.01. The standard InChI is InChI=1S/C12H19N3O/c1-10-9-16-7-6-15(10)8-11-4-3-5-14-12(11)13-2/h3-5,10H,6-9H2,1-2H3,(H,13,14). The summed E-state index contributed by atoms with van der Waals surface area (Å²) in [6, 6.07) is 4.60. The highest BCUT2D eigenvalue weighted by atomic mass is 16.5. The first-order valence-corrected chi connectivity index (χ1v) is 5.74. The summed E-state index contributed by atoms with van der Waals surface area (Å²) in [5.74, 6) is 0.973. The molecule has 0 aromatic carbocycles. The van der Waals surface area contributed by atoms with E-state index in [0.717, 1.165) is 32.1 Å². The SMILES string of the molecule is CNc1ncccc1CN1CCOCC1C. The smallest absolute Gasteiger partial charge is 0.130 e. The van der Waals surface area contributed by atoms with Crippen LogP contribution in [0.5, 0.6) is 0 Å². The van der Waals surface area contributed by atoms with Crippen molar-refractivity contribution in [1.29, 1.82) is 0 Å². The van der Waals surface area contributed by atoms with E-state index in [1.165, 1.54) is 5.56 Å². The highest BCUT2D eigenvalue weighted by molar-refractivity contribution is 5.42. The van der Waals surface area contributed by atoms with Crippen molar-refractivity contribution in [2.45, 2.75) is 19.5 Å². The van der Waals surface area contributed by atoms with Gasteiger partial charge in [0, 0.05) is 37.9 Å². The molecule has 1 aliphatic rings. The first-order chi connectivity index (χ1) is 7.81. The molecule has 0 spiro atoms. The zero-order chi connectivity index (χ0) is 11.4. The van der Waals surface area contributed by atoms with Crippen molar-refractivity contribution < 1.29 is 4.74 Å². The Hall–Kier alpha value is -1.13. The average molecular weight is 221 g/mol. The van der Waals surface area contributed by atoms with Crippen molar-refractivity contribution in [2.24, 2.45) is 0 Å². The molecular weight excluding hydrogens is 202 g/mol. The molecule has 88 valence electrons. The predicted octanol–water partition coefficient (Wildman–Crippen LogP) is 1.34. The topological polar surface area (TPSA) is 37.4 Å². The Morgan fingerprint density at radius 1 is 1.62 bits per heavy atom. The maximum Gasteiger partial charge on any atom is 0.130 e. The number of ether oxygens (including phenoxy) is 1. The lowest BCUT2D eigenvalue weighted by Gasteiger charge is -2.33. The van der Waals surface area contributed by atoms with Gasteiger partial charge in [0.2, 0.25) is 0 Å². The quantitative estimate of drug-likeness (QED) is 0.836. The molecule has 1 aliphatic heterocycles. The van der Waals surface area contributed by atoms with E-state index in [-0.39, 0.29) is 0 Å². The van der Waals surface area contributed by atoms with Crippen LogP contribution < -0.4 is 5.32 Å². The van der Waals surface area contributed by atoms with Crippen LogP contribution in [0.2, 0.25) is 0 Å². The largest absolute Gasteiger partial charge is 0.379 e. The summed E-state index contributed by atoms with van der Waals surface area (Å²) in [6.07, 6.45) is 1.82. The Kier molecular flexibility index (Phi) is 3.74. The fourth-order valence-electron chi connectivity index (χ4n) is 2.01. The van der Waals surface area contributed by atoms with E-state index in [4.69, 9.17) is 4.74 Å². The molecule has 0 aliphatic carbocycles. The number of anilines is 1. The second-order valence-electron chi connectivity index (χ2n) is 4.16. The first kappa shape index (κ1) is 11.4. The Bertz CT molecular complexity index is 343. The molecule has 1 fully saturated rings. The van der Waals surface area contributed by atoms with Crippen molar-refractivity contribution in [3.05, 3.63) is 23.9 Å². The molecule has 2 heterocycles. The summed E-state index contributed by atoms with van der Waals surface area (Å²) in [5, 5.41) is 3.13. The molecule has 1 N–H and O–H groups in total. The van der Waals surface area contributed by atoms with E-state index in [9.17, 15) is 0 Å². The van der Waals surface area contributed by atoms with Gasteiger partial charge in [-0.05, 0) is 13.0 Å². The van der Waals surface area contributed by atoms with Crippen LogP contribution in [0, 0.1) is 0 Å². The molecule has 0 saturated carbocycles. The van der Waals surface area contributed by atoms with E-state index in [2.05, 4.69) is 28.2 Å². The van der Waals surface area contributed by atoms with E-state index >= 15 is 0 Å². The molecule has 0 bridgehead atoms. The molecule has 1 aromatic heterocycles. The number of aromatic nitrogens is 1. The molecule has 16 heavy (non-hydrogen) atoms. The average Bonchev–Trinajstić information content (AvgIpc) is 2.33. The molecule has 4 heteroatoms. The molecule has 0 radical (unpaired) electrons. The fraction of sp³-hybridized carbons (Fsp3) is 0.583. The third-order valence-electron chi connectivity index (χ3n) is 3.01. The maximum atomic E-state index is 5.43. The summed E-state index contributed by atoms with van der Waals surface area (Å²) in [7, 11) is 1.91. The lowest BCUT2D eigenvalue weighted by atomic mass is 10.2. The van der Waals surface area contributed by atoms with Gasteiger partial charge in [0.25, 0.3) is 0 Å². The second kappa shape index (κ2) is 5.27. The predicted molar refractivity (Wildman–Crippen MR) is 64.5 cm³/mol. The highest BCUT2D eigenvalue weighted by Crippen LogP contribution is 2.16. The number of nitrogens with zero attached hydrogens (tertiary/aromatic N) is 2.